The number of aliphatic hydroxyl groups excluding tert-OH is 2. The molecule has 3 N–H and O–H groups in total. The Labute approximate surface area is 233 Å². The van der Waals surface area contributed by atoms with Crippen LogP contribution in [-0.4, -0.2) is 76.0 Å². The van der Waals surface area contributed by atoms with E-state index in [1.165, 1.54) is 0 Å². The Morgan fingerprint density at radius 1 is 1.17 bits per heavy atom. The number of pyridine rings is 1. The largest absolute Gasteiger partial charge is 0.390 e. The van der Waals surface area contributed by atoms with Crippen molar-refractivity contribution in [3.05, 3.63) is 86.8 Å². The summed E-state index contributed by atoms with van der Waals surface area (Å²) in [5.41, 5.74) is 0.715. The number of aromatic nitrogens is 6. The van der Waals surface area contributed by atoms with E-state index in [4.69, 9.17) is 4.74 Å². The van der Waals surface area contributed by atoms with Crippen molar-refractivity contribution in [1.82, 2.24) is 34.4 Å². The molecule has 0 spiro atoms. The zero-order valence-corrected chi connectivity index (χ0v) is 22.1. The summed E-state index contributed by atoms with van der Waals surface area (Å²) in [4.78, 5) is 32.2. The predicted octanol–water partition coefficient (Wildman–Crippen LogP) is 1.08. The van der Waals surface area contributed by atoms with E-state index in [-0.39, 0.29) is 24.9 Å². The Bertz CT molecular complexity index is 1700. The smallest absolute Gasteiger partial charge is 0.330 e. The van der Waals surface area contributed by atoms with Gasteiger partial charge in [0.1, 0.15) is 12.3 Å². The number of aromatic amines is 1. The normalized spacial score (nSPS) is 30.2. The van der Waals surface area contributed by atoms with Gasteiger partial charge in [-0.1, -0.05) is 23.4 Å². The highest BCUT2D eigenvalue weighted by molar-refractivity contribution is 5.82. The number of aliphatic hydroxyl groups is 2. The molecule has 4 fully saturated rings. The minimum absolute atomic E-state index is 0.00554. The van der Waals surface area contributed by atoms with Gasteiger partial charge in [0.25, 0.3) is 5.56 Å². The van der Waals surface area contributed by atoms with Gasteiger partial charge in [0.05, 0.1) is 36.2 Å². The lowest BCUT2D eigenvalue weighted by Gasteiger charge is -2.50. The van der Waals surface area contributed by atoms with Crippen LogP contribution in [0.3, 0.4) is 0 Å². The third-order valence-corrected chi connectivity index (χ3v) is 8.91. The zero-order valence-electron chi connectivity index (χ0n) is 22.1. The fourth-order valence-corrected chi connectivity index (χ4v) is 6.80. The Morgan fingerprint density at radius 2 is 2.02 bits per heavy atom. The Morgan fingerprint density at radius 3 is 2.85 bits per heavy atom. The van der Waals surface area contributed by atoms with Gasteiger partial charge in [-0.3, -0.25) is 24.2 Å². The number of ether oxygens (including phenoxy) is 1. The zero-order chi connectivity index (χ0) is 28.2. The molecular formula is C28H30FN7O5. The molecule has 41 heavy (non-hydrogen) atoms. The minimum atomic E-state index is -1.10. The first-order valence-electron chi connectivity index (χ1n) is 13.9. The molecule has 0 aliphatic carbocycles. The molecular weight excluding hydrogens is 533 g/mol. The minimum Gasteiger partial charge on any atom is -0.390 e. The van der Waals surface area contributed by atoms with Crippen molar-refractivity contribution in [1.29, 1.82) is 0 Å². The van der Waals surface area contributed by atoms with Crippen LogP contribution in [-0.2, 0) is 11.3 Å². The van der Waals surface area contributed by atoms with E-state index in [0.29, 0.717) is 5.92 Å². The second kappa shape index (κ2) is 10.2. The standard InChI is InChI=1S/C28H30FN7O5/c29-19-12-36(28(40)31-27(19)39)25-10-23(37)24(41-25)14-35-13-21(32-33-35)18-11-34-8-6-15(18)9-22(34)26(38)17-5-7-30-20-4-2-1-3-16(17)20/h1-5,7,12-13,15,18,22-26,37-38H,6,8-11,14H2,(H,31,39,40). The molecule has 4 aromatic rings. The van der Waals surface area contributed by atoms with Gasteiger partial charge in [-0.2, -0.15) is 4.39 Å². The Kier molecular flexibility index (Phi) is 6.53. The molecule has 0 radical (unpaired) electrons. The number of halogens is 1. The van der Waals surface area contributed by atoms with Gasteiger partial charge in [-0.25, -0.2) is 9.48 Å². The first kappa shape index (κ1) is 26.1. The van der Waals surface area contributed by atoms with Crippen molar-refractivity contribution < 1.29 is 19.3 Å². The highest BCUT2D eigenvalue weighted by atomic mass is 19.1. The fraction of sp³-hybridized carbons (Fsp3) is 0.464. The second-order valence-corrected chi connectivity index (χ2v) is 11.3. The molecule has 214 valence electrons. The van der Waals surface area contributed by atoms with Crippen LogP contribution in [0.15, 0.2) is 58.5 Å². The number of piperidine rings is 3. The number of para-hydroxylation sites is 1. The average Bonchev–Trinajstić information content (AvgIpc) is 3.61. The third-order valence-electron chi connectivity index (χ3n) is 8.91. The molecule has 8 unspecified atom stereocenters. The van der Waals surface area contributed by atoms with Crippen molar-refractivity contribution >= 4 is 10.9 Å². The summed E-state index contributed by atoms with van der Waals surface area (Å²) in [6.07, 6.45) is 3.17. The van der Waals surface area contributed by atoms with Crippen LogP contribution in [0.4, 0.5) is 4.39 Å². The SMILES string of the molecule is O=c1[nH]c(=O)n(C2CC(O)C(Cn3cc(C4CN5CCC4CC5C(O)c4ccnc5ccccc45)nn3)O2)cc1F. The molecule has 7 heterocycles. The molecule has 8 rings (SSSR count). The maximum absolute atomic E-state index is 13.8. The topological polar surface area (TPSA) is 151 Å². The summed E-state index contributed by atoms with van der Waals surface area (Å²) in [7, 11) is 0. The molecule has 4 aliphatic heterocycles. The number of hydrogen-bond acceptors (Lipinski definition) is 9. The highest BCUT2D eigenvalue weighted by Crippen LogP contribution is 2.45. The first-order valence-corrected chi connectivity index (χ1v) is 13.9. The molecule has 12 nitrogen and oxygen atoms in total. The lowest BCUT2D eigenvalue weighted by molar-refractivity contribution is -0.0382. The summed E-state index contributed by atoms with van der Waals surface area (Å²) < 4.78 is 22.2. The molecule has 13 heteroatoms. The van der Waals surface area contributed by atoms with Gasteiger partial charge in [0.2, 0.25) is 5.82 Å². The predicted molar refractivity (Wildman–Crippen MR) is 143 cm³/mol. The van der Waals surface area contributed by atoms with Gasteiger partial charge in [-0.15, -0.1) is 5.10 Å². The monoisotopic (exact) mass is 563 g/mol. The van der Waals surface area contributed by atoms with Crippen LogP contribution in [0.2, 0.25) is 0 Å². The number of fused-ring (bicyclic) bond motifs is 4. The molecule has 8 atom stereocenters. The number of hydrogen-bond donors (Lipinski definition) is 3. The van der Waals surface area contributed by atoms with Crippen molar-refractivity contribution in [2.24, 2.45) is 5.92 Å². The van der Waals surface area contributed by atoms with Gasteiger partial charge in [0.15, 0.2) is 0 Å². The van der Waals surface area contributed by atoms with Crippen molar-refractivity contribution in [2.75, 3.05) is 13.1 Å². The summed E-state index contributed by atoms with van der Waals surface area (Å²) in [5.74, 6) is -0.592. The van der Waals surface area contributed by atoms with Gasteiger partial charge in [0, 0.05) is 42.7 Å². The van der Waals surface area contributed by atoms with Crippen molar-refractivity contribution in [2.45, 2.75) is 62.3 Å². The summed E-state index contributed by atoms with van der Waals surface area (Å²) in [5, 5.41) is 31.7. The van der Waals surface area contributed by atoms with E-state index in [2.05, 4.69) is 20.2 Å². The molecule has 3 aromatic heterocycles. The first-order chi connectivity index (χ1) is 19.9. The van der Waals surface area contributed by atoms with E-state index in [0.717, 1.165) is 58.9 Å². The van der Waals surface area contributed by atoms with E-state index in [1.807, 2.05) is 41.5 Å². The van der Waals surface area contributed by atoms with Crippen LogP contribution in [0, 0.1) is 11.7 Å². The van der Waals surface area contributed by atoms with Crippen LogP contribution in [0.5, 0.6) is 0 Å². The van der Waals surface area contributed by atoms with Gasteiger partial charge in [-0.05, 0) is 43.0 Å². The third kappa shape index (κ3) is 4.68. The van der Waals surface area contributed by atoms with Crippen LogP contribution in [0.1, 0.15) is 48.8 Å². The number of nitrogens with one attached hydrogen (secondary N) is 1. The molecule has 4 saturated heterocycles. The van der Waals surface area contributed by atoms with Crippen molar-refractivity contribution in [3.8, 4) is 0 Å². The fourth-order valence-electron chi connectivity index (χ4n) is 6.80. The molecule has 2 bridgehead atoms. The Balaban J connectivity index is 1.03. The lowest BCUT2D eigenvalue weighted by Crippen LogP contribution is -2.54. The molecule has 0 amide bonds. The van der Waals surface area contributed by atoms with Crippen molar-refractivity contribution in [3.63, 3.8) is 0 Å². The average molecular weight is 564 g/mol. The summed E-state index contributed by atoms with van der Waals surface area (Å²) >= 11 is 0. The maximum atomic E-state index is 13.8. The summed E-state index contributed by atoms with van der Waals surface area (Å²) in [6.45, 7) is 1.87. The lowest BCUT2D eigenvalue weighted by atomic mass is 9.72. The van der Waals surface area contributed by atoms with E-state index in [1.54, 1.807) is 10.9 Å². The van der Waals surface area contributed by atoms with Crippen LogP contribution in [0.25, 0.3) is 10.9 Å². The number of nitrogens with zero attached hydrogens (tertiary/aromatic N) is 6. The van der Waals surface area contributed by atoms with Crippen LogP contribution < -0.4 is 11.2 Å². The van der Waals surface area contributed by atoms with E-state index < -0.39 is 41.6 Å². The maximum Gasteiger partial charge on any atom is 0.330 e. The number of benzene rings is 1. The quantitative estimate of drug-likeness (QED) is 0.313. The van der Waals surface area contributed by atoms with E-state index >= 15 is 0 Å². The number of H-pyrrole nitrogens is 1. The summed E-state index contributed by atoms with van der Waals surface area (Å²) in [6, 6.07) is 9.79. The highest BCUT2D eigenvalue weighted by Gasteiger charge is 2.45. The van der Waals surface area contributed by atoms with Gasteiger partial charge < -0.3 is 14.9 Å². The Hall–Kier alpha value is -3.78. The van der Waals surface area contributed by atoms with E-state index in [9.17, 15) is 24.2 Å². The van der Waals surface area contributed by atoms with Crippen LogP contribution >= 0.6 is 0 Å². The molecule has 0 saturated carbocycles. The second-order valence-electron chi connectivity index (χ2n) is 11.3. The molecule has 1 aromatic carbocycles. The number of rotatable bonds is 6. The van der Waals surface area contributed by atoms with Gasteiger partial charge >= 0.3 is 5.69 Å². The molecule has 4 aliphatic rings.